The van der Waals surface area contributed by atoms with Gasteiger partial charge in [0.05, 0.1) is 0 Å². The van der Waals surface area contributed by atoms with E-state index in [2.05, 4.69) is 63.2 Å². The number of benzene rings is 1. The summed E-state index contributed by atoms with van der Waals surface area (Å²) in [5.74, 6) is 0.816. The molecule has 1 aliphatic heterocycles. The first-order valence-corrected chi connectivity index (χ1v) is 6.91. The van der Waals surface area contributed by atoms with Crippen LogP contribution in [0.1, 0.15) is 31.9 Å². The zero-order valence-electron chi connectivity index (χ0n) is 12.4. The Morgan fingerprint density at radius 2 is 1.94 bits per heavy atom. The van der Waals surface area contributed by atoms with Crippen LogP contribution >= 0.6 is 0 Å². The monoisotopic (exact) mass is 246 g/mol. The molecule has 0 saturated carbocycles. The maximum Gasteiger partial charge on any atom is 0.0393 e. The molecule has 0 radical (unpaired) electrons. The zero-order chi connectivity index (χ0) is 13.3. The molecule has 1 aromatic carbocycles. The van der Waals surface area contributed by atoms with E-state index in [-0.39, 0.29) is 5.41 Å². The van der Waals surface area contributed by atoms with E-state index in [1.807, 2.05) is 0 Å². The summed E-state index contributed by atoms with van der Waals surface area (Å²) in [5, 5.41) is 3.33. The summed E-state index contributed by atoms with van der Waals surface area (Å²) in [6.45, 7) is 12.5. The minimum Gasteiger partial charge on any atom is -0.374 e. The van der Waals surface area contributed by atoms with E-state index in [0.29, 0.717) is 0 Å². The van der Waals surface area contributed by atoms with Gasteiger partial charge in [-0.3, -0.25) is 0 Å². The Balaban J connectivity index is 2.13. The Morgan fingerprint density at radius 3 is 2.39 bits per heavy atom. The van der Waals surface area contributed by atoms with Gasteiger partial charge in [-0.2, -0.15) is 0 Å². The lowest BCUT2D eigenvalue weighted by Crippen LogP contribution is -2.47. The quantitative estimate of drug-likeness (QED) is 0.882. The maximum absolute atomic E-state index is 3.33. The van der Waals surface area contributed by atoms with Crippen LogP contribution in [0.2, 0.25) is 0 Å². The van der Waals surface area contributed by atoms with Gasteiger partial charge in [-0.05, 0) is 29.5 Å². The van der Waals surface area contributed by atoms with Crippen LogP contribution in [-0.4, -0.2) is 26.7 Å². The van der Waals surface area contributed by atoms with Gasteiger partial charge in [0.2, 0.25) is 0 Å². The second-order valence-electron chi connectivity index (χ2n) is 6.66. The van der Waals surface area contributed by atoms with E-state index in [9.17, 15) is 0 Å². The molecule has 0 unspecified atom stereocenters. The van der Waals surface area contributed by atoms with Gasteiger partial charge in [0.15, 0.2) is 0 Å². The third kappa shape index (κ3) is 2.86. The van der Waals surface area contributed by atoms with Crippen molar-refractivity contribution in [2.45, 2.75) is 33.1 Å². The average Bonchev–Trinajstić information content (AvgIpc) is 2.21. The standard InChI is InChI=1S/C16H26N2/c1-12-8-14(16(2,3)4)6-7-15(12)18(5)11-13-9-17-10-13/h6-8,13,17H,9-11H2,1-5H3. The van der Waals surface area contributed by atoms with Gasteiger partial charge < -0.3 is 10.2 Å². The average molecular weight is 246 g/mol. The molecule has 1 fully saturated rings. The Hall–Kier alpha value is -1.02. The molecule has 0 aliphatic carbocycles. The highest BCUT2D eigenvalue weighted by molar-refractivity contribution is 5.54. The van der Waals surface area contributed by atoms with Gasteiger partial charge in [-0.1, -0.05) is 32.9 Å². The summed E-state index contributed by atoms with van der Waals surface area (Å²) in [4.78, 5) is 2.40. The van der Waals surface area contributed by atoms with Crippen molar-refractivity contribution in [2.24, 2.45) is 5.92 Å². The first-order valence-electron chi connectivity index (χ1n) is 6.91. The van der Waals surface area contributed by atoms with Crippen LogP contribution in [0.5, 0.6) is 0 Å². The van der Waals surface area contributed by atoms with E-state index in [0.717, 1.165) is 12.5 Å². The van der Waals surface area contributed by atoms with E-state index in [1.54, 1.807) is 0 Å². The summed E-state index contributed by atoms with van der Waals surface area (Å²) in [5.41, 5.74) is 4.41. The summed E-state index contributed by atoms with van der Waals surface area (Å²) in [7, 11) is 2.21. The van der Waals surface area contributed by atoms with Crippen molar-refractivity contribution in [2.75, 3.05) is 31.6 Å². The van der Waals surface area contributed by atoms with Crippen LogP contribution in [0.25, 0.3) is 0 Å². The zero-order valence-corrected chi connectivity index (χ0v) is 12.4. The number of nitrogens with zero attached hydrogens (tertiary/aromatic N) is 1. The Labute approximate surface area is 111 Å². The second-order valence-corrected chi connectivity index (χ2v) is 6.66. The number of nitrogens with one attached hydrogen (secondary N) is 1. The lowest BCUT2D eigenvalue weighted by Gasteiger charge is -2.33. The number of rotatable bonds is 3. The van der Waals surface area contributed by atoms with Crippen LogP contribution < -0.4 is 10.2 Å². The van der Waals surface area contributed by atoms with Crippen LogP contribution in [0.3, 0.4) is 0 Å². The minimum absolute atomic E-state index is 0.236. The lowest BCUT2D eigenvalue weighted by molar-refractivity contribution is 0.353. The highest BCUT2D eigenvalue weighted by atomic mass is 15.1. The fourth-order valence-corrected chi connectivity index (χ4v) is 2.51. The predicted octanol–water partition coefficient (Wildman–Crippen LogP) is 2.95. The van der Waals surface area contributed by atoms with E-state index < -0.39 is 0 Å². The first kappa shape index (κ1) is 13.4. The molecule has 0 bridgehead atoms. The summed E-state index contributed by atoms with van der Waals surface area (Å²) in [6, 6.07) is 6.89. The Kier molecular flexibility index (Phi) is 3.67. The van der Waals surface area contributed by atoms with Crippen molar-refractivity contribution >= 4 is 5.69 Å². The molecule has 18 heavy (non-hydrogen) atoms. The minimum atomic E-state index is 0.236. The largest absolute Gasteiger partial charge is 0.374 e. The van der Waals surface area contributed by atoms with Crippen molar-refractivity contribution in [1.29, 1.82) is 0 Å². The second kappa shape index (κ2) is 4.93. The molecule has 0 aromatic heterocycles. The molecular weight excluding hydrogens is 220 g/mol. The fourth-order valence-electron chi connectivity index (χ4n) is 2.51. The van der Waals surface area contributed by atoms with E-state index in [1.165, 1.54) is 29.9 Å². The van der Waals surface area contributed by atoms with Crippen LogP contribution in [0.15, 0.2) is 18.2 Å². The van der Waals surface area contributed by atoms with E-state index >= 15 is 0 Å². The van der Waals surface area contributed by atoms with Gasteiger partial charge >= 0.3 is 0 Å². The molecule has 2 heteroatoms. The van der Waals surface area contributed by atoms with Gasteiger partial charge in [0.25, 0.3) is 0 Å². The molecule has 2 nitrogen and oxygen atoms in total. The van der Waals surface area contributed by atoms with Crippen molar-refractivity contribution in [3.8, 4) is 0 Å². The normalized spacial score (nSPS) is 16.5. The van der Waals surface area contributed by atoms with Crippen molar-refractivity contribution in [3.63, 3.8) is 0 Å². The molecule has 1 N–H and O–H groups in total. The third-order valence-corrected chi connectivity index (χ3v) is 3.87. The first-order chi connectivity index (χ1) is 8.38. The topological polar surface area (TPSA) is 15.3 Å². The SMILES string of the molecule is Cc1cc(C(C)(C)C)ccc1N(C)CC1CNC1. The number of aryl methyl sites for hydroxylation is 1. The van der Waals surface area contributed by atoms with Crippen LogP contribution in [0, 0.1) is 12.8 Å². The fraction of sp³-hybridized carbons (Fsp3) is 0.625. The van der Waals surface area contributed by atoms with Crippen molar-refractivity contribution in [3.05, 3.63) is 29.3 Å². The predicted molar refractivity (Wildman–Crippen MR) is 79.5 cm³/mol. The lowest BCUT2D eigenvalue weighted by atomic mass is 9.86. The van der Waals surface area contributed by atoms with Crippen LogP contribution in [-0.2, 0) is 5.41 Å². The van der Waals surface area contributed by atoms with Gasteiger partial charge in [0.1, 0.15) is 0 Å². The molecule has 1 heterocycles. The third-order valence-electron chi connectivity index (χ3n) is 3.87. The molecule has 1 saturated heterocycles. The van der Waals surface area contributed by atoms with Crippen molar-refractivity contribution < 1.29 is 0 Å². The molecule has 1 aromatic rings. The molecule has 0 spiro atoms. The van der Waals surface area contributed by atoms with Gasteiger partial charge in [-0.15, -0.1) is 0 Å². The number of anilines is 1. The molecule has 0 atom stereocenters. The number of hydrogen-bond donors (Lipinski definition) is 1. The summed E-state index contributed by atoms with van der Waals surface area (Å²) >= 11 is 0. The van der Waals surface area contributed by atoms with Gasteiger partial charge in [-0.25, -0.2) is 0 Å². The molecule has 1 aliphatic rings. The van der Waals surface area contributed by atoms with Crippen molar-refractivity contribution in [1.82, 2.24) is 5.32 Å². The molecule has 100 valence electrons. The Morgan fingerprint density at radius 1 is 1.28 bits per heavy atom. The molecular formula is C16H26N2. The highest BCUT2D eigenvalue weighted by Gasteiger charge is 2.20. The molecule has 2 rings (SSSR count). The smallest absolute Gasteiger partial charge is 0.0393 e. The molecule has 0 amide bonds. The summed E-state index contributed by atoms with van der Waals surface area (Å²) < 4.78 is 0. The Bertz CT molecular complexity index is 414. The maximum atomic E-state index is 3.33. The van der Waals surface area contributed by atoms with E-state index in [4.69, 9.17) is 0 Å². The highest BCUT2D eigenvalue weighted by Crippen LogP contribution is 2.28. The van der Waals surface area contributed by atoms with Crippen LogP contribution in [0.4, 0.5) is 5.69 Å². The summed E-state index contributed by atoms with van der Waals surface area (Å²) in [6.07, 6.45) is 0. The number of hydrogen-bond acceptors (Lipinski definition) is 2. The van der Waals surface area contributed by atoms with Gasteiger partial charge in [0, 0.05) is 38.3 Å².